The third-order valence-corrected chi connectivity index (χ3v) is 2.93. The van der Waals surface area contributed by atoms with Crippen molar-refractivity contribution in [3.63, 3.8) is 0 Å². The molecule has 1 aromatic rings. The molecular weight excluding hydrogens is 248 g/mol. The third-order valence-electron chi connectivity index (χ3n) is 2.23. The van der Waals surface area contributed by atoms with Crippen LogP contribution in [0.2, 0.25) is 0 Å². The number of alkyl halides is 2. The van der Waals surface area contributed by atoms with Gasteiger partial charge >= 0.3 is 0 Å². The van der Waals surface area contributed by atoms with Gasteiger partial charge in [0, 0.05) is 6.04 Å². The van der Waals surface area contributed by atoms with Gasteiger partial charge < -0.3 is 9.73 Å². The molecule has 0 aliphatic heterocycles. The van der Waals surface area contributed by atoms with Gasteiger partial charge in [0.2, 0.25) is 0 Å². The van der Waals surface area contributed by atoms with Crippen molar-refractivity contribution in [3.05, 3.63) is 23.7 Å². The molecule has 0 bridgehead atoms. The van der Waals surface area contributed by atoms with Gasteiger partial charge in [0.1, 0.15) is 5.76 Å². The molecule has 0 aliphatic carbocycles. The highest BCUT2D eigenvalue weighted by molar-refractivity contribution is 7.98. The second-order valence-corrected chi connectivity index (χ2v) is 4.60. The molecule has 1 amide bonds. The molecule has 1 heterocycles. The molecule has 0 aliphatic rings. The Balaban J connectivity index is 2.52. The fourth-order valence-electron chi connectivity index (χ4n) is 1.12. The molecule has 0 fully saturated rings. The molecule has 0 spiro atoms. The number of carbonyl (C=O) groups is 1. The summed E-state index contributed by atoms with van der Waals surface area (Å²) < 4.78 is 29.1. The van der Waals surface area contributed by atoms with E-state index in [1.807, 2.05) is 13.8 Å². The van der Waals surface area contributed by atoms with E-state index in [0.717, 1.165) is 6.42 Å². The van der Waals surface area contributed by atoms with Gasteiger partial charge in [-0.3, -0.25) is 4.79 Å². The molecule has 17 heavy (non-hydrogen) atoms. The average molecular weight is 263 g/mol. The zero-order valence-corrected chi connectivity index (χ0v) is 10.5. The lowest BCUT2D eigenvalue weighted by atomic mass is 10.2. The molecule has 0 radical (unpaired) electrons. The molecule has 0 unspecified atom stereocenters. The number of amides is 1. The summed E-state index contributed by atoms with van der Waals surface area (Å²) in [6, 6.07) is 3.10. The lowest BCUT2D eigenvalue weighted by Gasteiger charge is -2.09. The Morgan fingerprint density at radius 3 is 2.82 bits per heavy atom. The molecule has 1 N–H and O–H groups in total. The van der Waals surface area contributed by atoms with E-state index in [1.165, 1.54) is 6.07 Å². The minimum Gasteiger partial charge on any atom is -0.455 e. The van der Waals surface area contributed by atoms with E-state index in [-0.39, 0.29) is 23.5 Å². The Kier molecular flexibility index (Phi) is 5.47. The van der Waals surface area contributed by atoms with Gasteiger partial charge in [-0.15, -0.1) is 0 Å². The number of thioether (sulfide) groups is 1. The summed E-state index contributed by atoms with van der Waals surface area (Å²) in [7, 11) is 0. The van der Waals surface area contributed by atoms with Crippen LogP contribution in [0.25, 0.3) is 0 Å². The molecule has 3 nitrogen and oxygen atoms in total. The Morgan fingerprint density at radius 2 is 2.24 bits per heavy atom. The van der Waals surface area contributed by atoms with Crippen LogP contribution in [-0.2, 0) is 5.75 Å². The van der Waals surface area contributed by atoms with Crippen LogP contribution in [0.5, 0.6) is 0 Å². The lowest BCUT2D eigenvalue weighted by molar-refractivity contribution is 0.0910. The second kappa shape index (κ2) is 6.64. The van der Waals surface area contributed by atoms with E-state index in [2.05, 4.69) is 5.32 Å². The first kappa shape index (κ1) is 14.0. The second-order valence-electron chi connectivity index (χ2n) is 3.62. The summed E-state index contributed by atoms with van der Waals surface area (Å²) in [5.74, 6) is -2.14. The van der Waals surface area contributed by atoms with Crippen LogP contribution >= 0.6 is 11.8 Å². The maximum atomic E-state index is 11.9. The van der Waals surface area contributed by atoms with Crippen LogP contribution in [-0.4, -0.2) is 17.7 Å². The van der Waals surface area contributed by atoms with E-state index in [1.54, 1.807) is 6.07 Å². The number of rotatable bonds is 6. The molecule has 6 heteroatoms. The quantitative estimate of drug-likeness (QED) is 0.856. The minimum absolute atomic E-state index is 0.0616. The first-order valence-corrected chi connectivity index (χ1v) is 6.37. The molecule has 0 aromatic carbocycles. The third kappa shape index (κ3) is 4.77. The molecule has 0 saturated carbocycles. The summed E-state index contributed by atoms with van der Waals surface area (Å²) in [6.07, 6.45) is 0.820. The molecule has 96 valence electrons. The maximum absolute atomic E-state index is 11.9. The number of halogens is 2. The number of nitrogens with one attached hydrogen (secondary N) is 1. The molecular formula is C11H15F2NO2S. The van der Waals surface area contributed by atoms with Crippen LogP contribution in [0.1, 0.15) is 36.6 Å². The fraction of sp³-hybridized carbons (Fsp3) is 0.545. The van der Waals surface area contributed by atoms with E-state index in [4.69, 9.17) is 4.42 Å². The highest BCUT2D eigenvalue weighted by Gasteiger charge is 2.13. The monoisotopic (exact) mass is 263 g/mol. The Bertz CT molecular complexity index is 368. The van der Waals surface area contributed by atoms with Crippen molar-refractivity contribution in [2.24, 2.45) is 0 Å². The van der Waals surface area contributed by atoms with Crippen molar-refractivity contribution in [2.75, 3.05) is 0 Å². The Morgan fingerprint density at radius 1 is 1.53 bits per heavy atom. The molecule has 1 aromatic heterocycles. The van der Waals surface area contributed by atoms with Gasteiger partial charge in [0.25, 0.3) is 11.7 Å². The highest BCUT2D eigenvalue weighted by Crippen LogP contribution is 2.21. The van der Waals surface area contributed by atoms with Crippen molar-refractivity contribution in [3.8, 4) is 0 Å². The average Bonchev–Trinajstić information content (AvgIpc) is 2.74. The number of hydrogen-bond donors (Lipinski definition) is 1. The first-order valence-electron chi connectivity index (χ1n) is 5.32. The first-order chi connectivity index (χ1) is 8.02. The Labute approximate surface area is 103 Å². The zero-order chi connectivity index (χ0) is 12.8. The highest BCUT2D eigenvalue weighted by atomic mass is 32.2. The molecule has 1 rings (SSSR count). The normalized spacial score (nSPS) is 12.8. The number of hydrogen-bond acceptors (Lipinski definition) is 3. The van der Waals surface area contributed by atoms with E-state index in [9.17, 15) is 13.6 Å². The van der Waals surface area contributed by atoms with Crippen molar-refractivity contribution in [1.82, 2.24) is 5.32 Å². The summed E-state index contributed by atoms with van der Waals surface area (Å²) in [5.41, 5.74) is 0. The van der Waals surface area contributed by atoms with Crippen molar-refractivity contribution in [2.45, 2.75) is 37.8 Å². The minimum atomic E-state index is -2.43. The van der Waals surface area contributed by atoms with Crippen LogP contribution in [0.15, 0.2) is 16.5 Å². The largest absolute Gasteiger partial charge is 0.455 e. The smallest absolute Gasteiger partial charge is 0.287 e. The number of furan rings is 1. The summed E-state index contributed by atoms with van der Waals surface area (Å²) in [4.78, 5) is 11.6. The van der Waals surface area contributed by atoms with Gasteiger partial charge in [0.15, 0.2) is 5.76 Å². The topological polar surface area (TPSA) is 42.2 Å². The van der Waals surface area contributed by atoms with Gasteiger partial charge in [0.05, 0.1) is 5.75 Å². The predicted molar refractivity (Wildman–Crippen MR) is 63.2 cm³/mol. The van der Waals surface area contributed by atoms with E-state index < -0.39 is 5.76 Å². The van der Waals surface area contributed by atoms with Crippen molar-refractivity contribution >= 4 is 17.7 Å². The SMILES string of the molecule is CC[C@H](C)NC(=O)c1ccc(CSC(F)F)o1. The van der Waals surface area contributed by atoms with Crippen molar-refractivity contribution < 1.29 is 18.0 Å². The van der Waals surface area contributed by atoms with Gasteiger partial charge in [-0.25, -0.2) is 0 Å². The summed E-state index contributed by atoms with van der Waals surface area (Å²) in [5, 5.41) is 2.74. The van der Waals surface area contributed by atoms with Gasteiger partial charge in [-0.2, -0.15) is 8.78 Å². The number of carbonyl (C=O) groups excluding carboxylic acids is 1. The Hall–Kier alpha value is -1.04. The maximum Gasteiger partial charge on any atom is 0.287 e. The lowest BCUT2D eigenvalue weighted by Crippen LogP contribution is -2.31. The molecule has 1 atom stereocenters. The standard InChI is InChI=1S/C11H15F2NO2S/c1-3-7(2)14-10(15)9-5-4-8(16-9)6-17-11(12)13/h4-5,7,11H,3,6H2,1-2H3,(H,14,15)/t7-/m0/s1. The molecule has 0 saturated heterocycles. The zero-order valence-electron chi connectivity index (χ0n) is 9.70. The van der Waals surface area contributed by atoms with E-state index >= 15 is 0 Å². The summed E-state index contributed by atoms with van der Waals surface area (Å²) in [6.45, 7) is 3.84. The van der Waals surface area contributed by atoms with Gasteiger partial charge in [-0.1, -0.05) is 18.7 Å². The van der Waals surface area contributed by atoms with E-state index in [0.29, 0.717) is 17.5 Å². The van der Waals surface area contributed by atoms with Gasteiger partial charge in [-0.05, 0) is 25.5 Å². The predicted octanol–water partition coefficient (Wildman–Crippen LogP) is 3.26. The van der Waals surface area contributed by atoms with Crippen molar-refractivity contribution in [1.29, 1.82) is 0 Å². The van der Waals surface area contributed by atoms with Crippen LogP contribution in [0.4, 0.5) is 8.78 Å². The van der Waals surface area contributed by atoms with Crippen LogP contribution in [0, 0.1) is 0 Å². The van der Waals surface area contributed by atoms with Crippen LogP contribution in [0.3, 0.4) is 0 Å². The van der Waals surface area contributed by atoms with Crippen LogP contribution < -0.4 is 5.32 Å². The summed E-state index contributed by atoms with van der Waals surface area (Å²) >= 11 is 0.469. The fourth-order valence-corrected chi connectivity index (χ4v) is 1.57.